The Morgan fingerprint density at radius 3 is 0.576 bits per heavy atom. The van der Waals surface area contributed by atoms with Crippen molar-refractivity contribution in [3.8, 4) is 0 Å². The molecule has 0 heterocycles. The van der Waals surface area contributed by atoms with Crippen LogP contribution in [0.2, 0.25) is 0 Å². The van der Waals surface area contributed by atoms with Crippen LogP contribution in [0.15, 0.2) is 0 Å². The van der Waals surface area contributed by atoms with Crippen molar-refractivity contribution >= 4 is 60.3 Å². The van der Waals surface area contributed by atoms with Gasteiger partial charge in [0.2, 0.25) is 0 Å². The maximum absolute atomic E-state index is 12.4. The average molecular weight is 724 g/mol. The van der Waals surface area contributed by atoms with Crippen molar-refractivity contribution in [3.05, 3.63) is 0 Å². The van der Waals surface area contributed by atoms with Gasteiger partial charge in [-0.2, -0.15) is 0 Å². The second kappa shape index (κ2) is 8.91. The van der Waals surface area contributed by atoms with Crippen LogP contribution in [0.25, 0.3) is 0 Å². The number of halogens is 12. The van der Waals surface area contributed by atoms with E-state index in [1.54, 1.807) is 0 Å². The van der Waals surface area contributed by atoms with Crippen LogP contribution in [-0.2, 0) is 50.7 Å². The summed E-state index contributed by atoms with van der Waals surface area (Å²) in [6.07, 6.45) is 0. The molecule has 29 heteroatoms. The molecule has 12 nitrogen and oxygen atoms in total. The quantitative estimate of drug-likeness (QED) is 0.197. The molecule has 202 valence electrons. The van der Waals surface area contributed by atoms with Crippen molar-refractivity contribution < 1.29 is 96.5 Å². The maximum atomic E-state index is 12.4. The fraction of sp³-hybridized carbons (Fsp3) is 1.00. The van der Waals surface area contributed by atoms with Gasteiger partial charge >= 0.3 is 179 Å². The zero-order chi connectivity index (χ0) is 27.3. The molecule has 0 aromatic carbocycles. The Morgan fingerprint density at radius 2 is 0.485 bits per heavy atom. The third-order valence-corrected chi connectivity index (χ3v) is 17.3. The number of rotatable bonds is 8. The van der Waals surface area contributed by atoms with Gasteiger partial charge in [0.1, 0.15) is 0 Å². The fourth-order valence-electron chi connectivity index (χ4n) is 0.661. The molecule has 0 saturated heterocycles. The molecule has 0 unspecified atom stereocenters. The SMILES string of the molecule is O=S(=O)(O[Te](OS(=O)(=O)C(F)(F)F)(OS(=O)(=O)C(F)(F)F)OS(=O)(=O)C(F)(F)F)C(F)(F)F. The van der Waals surface area contributed by atoms with Gasteiger partial charge in [-0.1, -0.05) is 0 Å². The van der Waals surface area contributed by atoms with Gasteiger partial charge in [-0.05, 0) is 0 Å². The predicted molar refractivity (Wildman–Crippen MR) is 70.0 cm³/mol. The van der Waals surface area contributed by atoms with E-state index in [1.807, 2.05) is 0 Å². The number of hydrogen-bond acceptors (Lipinski definition) is 12. The van der Waals surface area contributed by atoms with E-state index in [1.165, 1.54) is 0 Å². The molecular formula is C4F12O12S4Te. The van der Waals surface area contributed by atoms with Crippen LogP contribution in [0.5, 0.6) is 0 Å². The van der Waals surface area contributed by atoms with E-state index >= 15 is 0 Å². The van der Waals surface area contributed by atoms with Crippen molar-refractivity contribution in [3.63, 3.8) is 0 Å². The summed E-state index contributed by atoms with van der Waals surface area (Å²) in [5, 5.41) is 0. The average Bonchev–Trinajstić information content (AvgIpc) is 2.38. The number of hydrogen-bond donors (Lipinski definition) is 0. The van der Waals surface area contributed by atoms with E-state index in [0.29, 0.717) is 0 Å². The van der Waals surface area contributed by atoms with Crippen LogP contribution in [-0.4, -0.2) is 75.5 Å². The van der Waals surface area contributed by atoms with Crippen LogP contribution < -0.4 is 0 Å². The molecule has 0 aliphatic heterocycles. The first-order valence-electron chi connectivity index (χ1n) is 5.75. The monoisotopic (exact) mass is 726 g/mol. The second-order valence-corrected chi connectivity index (χ2v) is 17.3. The molecule has 0 amide bonds. The van der Waals surface area contributed by atoms with Crippen molar-refractivity contribution in [2.45, 2.75) is 22.0 Å². The minimum atomic E-state index is -9.76. The summed E-state index contributed by atoms with van der Waals surface area (Å²) < 4.78 is 245. The third kappa shape index (κ3) is 7.79. The van der Waals surface area contributed by atoms with Gasteiger partial charge in [0.15, 0.2) is 0 Å². The first kappa shape index (κ1) is 32.6. The first-order valence-corrected chi connectivity index (χ1v) is 15.2. The first-order chi connectivity index (χ1) is 13.8. The van der Waals surface area contributed by atoms with Crippen LogP contribution in [0.3, 0.4) is 0 Å². The molecule has 0 bridgehead atoms. The zero-order valence-corrected chi connectivity index (χ0v) is 19.1. The molecule has 0 aromatic rings. The molecule has 0 aromatic heterocycles. The van der Waals surface area contributed by atoms with Crippen molar-refractivity contribution in [1.82, 2.24) is 0 Å². The number of alkyl halides is 12. The van der Waals surface area contributed by atoms with Crippen LogP contribution in [0, 0.1) is 0 Å². The Hall–Kier alpha value is -0.410. The molecule has 0 aliphatic rings. The van der Waals surface area contributed by atoms with Crippen molar-refractivity contribution in [2.75, 3.05) is 0 Å². The Morgan fingerprint density at radius 1 is 0.364 bits per heavy atom. The van der Waals surface area contributed by atoms with Gasteiger partial charge in [0, 0.05) is 0 Å². The van der Waals surface area contributed by atoms with Crippen LogP contribution in [0.1, 0.15) is 0 Å². The van der Waals surface area contributed by atoms with Crippen molar-refractivity contribution in [1.29, 1.82) is 0 Å². The Bertz CT molecular complexity index is 963. The van der Waals surface area contributed by atoms with Gasteiger partial charge in [0.25, 0.3) is 0 Å². The zero-order valence-electron chi connectivity index (χ0n) is 13.5. The standard InChI is InChI=1S/C4F12O12S4Te/c5-1(6,7)29(17,18)25-33(26-30(19,20)2(8,9)10,27-31(21,22)3(11,12)13)28-32(23,24)4(14,15)16. The summed E-state index contributed by atoms with van der Waals surface area (Å²) in [6, 6.07) is 0. The molecule has 0 radical (unpaired) electrons. The van der Waals surface area contributed by atoms with Crippen molar-refractivity contribution in [2.24, 2.45) is 0 Å². The molecule has 0 fully saturated rings. The summed E-state index contributed by atoms with van der Waals surface area (Å²) in [5.74, 6) is 0. The molecule has 0 saturated carbocycles. The molecule has 33 heavy (non-hydrogen) atoms. The molecule has 0 spiro atoms. The topological polar surface area (TPSA) is 173 Å². The third-order valence-electron chi connectivity index (χ3n) is 1.83. The van der Waals surface area contributed by atoms with Crippen LogP contribution in [0.4, 0.5) is 52.7 Å². The summed E-state index contributed by atoms with van der Waals surface area (Å²) >= 11 is -9.76. The molecular weight excluding hydrogens is 724 g/mol. The Kier molecular flexibility index (Phi) is 8.80. The summed E-state index contributed by atoms with van der Waals surface area (Å²) in [5.41, 5.74) is -28.4. The fourth-order valence-corrected chi connectivity index (χ4v) is 16.0. The van der Waals surface area contributed by atoms with E-state index in [-0.39, 0.29) is 0 Å². The normalized spacial score (nSPS) is 16.6. The second-order valence-electron chi connectivity index (χ2n) is 4.28. The van der Waals surface area contributed by atoms with E-state index in [9.17, 15) is 86.4 Å². The Labute approximate surface area is 178 Å². The predicted octanol–water partition coefficient (Wildman–Crippen LogP) is 0.887. The van der Waals surface area contributed by atoms with E-state index in [2.05, 4.69) is 10.2 Å². The van der Waals surface area contributed by atoms with E-state index in [0.717, 1.165) is 0 Å². The van der Waals surface area contributed by atoms with E-state index < -0.39 is 82.3 Å². The molecule has 0 rings (SSSR count). The molecule has 0 aliphatic carbocycles. The van der Waals surface area contributed by atoms with E-state index in [4.69, 9.17) is 0 Å². The van der Waals surface area contributed by atoms with Gasteiger partial charge in [0.05, 0.1) is 0 Å². The van der Waals surface area contributed by atoms with Gasteiger partial charge in [-0.25, -0.2) is 0 Å². The molecule has 0 N–H and O–H groups in total. The summed E-state index contributed by atoms with van der Waals surface area (Å²) in [4.78, 5) is 0. The summed E-state index contributed by atoms with van der Waals surface area (Å²) in [7, 11) is -32.0. The minimum absolute atomic E-state index is 2.32. The van der Waals surface area contributed by atoms with Gasteiger partial charge < -0.3 is 0 Å². The van der Waals surface area contributed by atoms with Gasteiger partial charge in [-0.3, -0.25) is 0 Å². The Balaban J connectivity index is 7.45. The summed E-state index contributed by atoms with van der Waals surface area (Å²) in [6.45, 7) is 0. The van der Waals surface area contributed by atoms with Gasteiger partial charge in [-0.15, -0.1) is 0 Å². The van der Waals surface area contributed by atoms with Crippen LogP contribution >= 0.6 is 0 Å². The molecule has 0 atom stereocenters.